The van der Waals surface area contributed by atoms with Gasteiger partial charge in [-0.05, 0) is 47.7 Å². The number of anilines is 1. The maximum atomic E-state index is 6.00. The molecule has 4 aromatic carbocycles. The molecule has 0 spiro atoms. The number of hydrogen-bond donors (Lipinski definition) is 3. The quantitative estimate of drug-likeness (QED) is 0.162. The first kappa shape index (κ1) is 38.9. The second-order valence-electron chi connectivity index (χ2n) is 10.3. The zero-order valence-corrected chi connectivity index (χ0v) is 29.5. The van der Waals surface area contributed by atoms with E-state index in [0.29, 0.717) is 6.67 Å². The Morgan fingerprint density at radius 2 is 1.40 bits per heavy atom. The van der Waals surface area contributed by atoms with Crippen molar-refractivity contribution < 1.29 is 0 Å². The topological polar surface area (TPSA) is 69.0 Å². The molecule has 4 heteroatoms. The number of nitrogens with two attached hydrogens (primary N) is 2. The molecule has 0 saturated heterocycles. The van der Waals surface area contributed by atoms with Crippen molar-refractivity contribution in [3.05, 3.63) is 187 Å². The molecule has 48 heavy (non-hydrogen) atoms. The van der Waals surface area contributed by atoms with Crippen molar-refractivity contribution in [2.45, 2.75) is 54.1 Å². The Bertz CT molecular complexity index is 1760. The van der Waals surface area contributed by atoms with Crippen molar-refractivity contribution in [2.75, 3.05) is 5.32 Å². The standard InChI is InChI=1S/C18H17N3.C15H15N.C7H10.2C2H6/c1-12-18-15(10-13-6-2-4-8-16(13)20-12)14-7-3-5-9-17(14)21(18)11-19;16-15(14-9-5-2-6-10-14)12-11-13-7-3-1-4-8-13;1-3-5-7-6-4-2;2*1-2/h2-9,20H,1,10-11,19H2;1-10,12H,11,16H2;3-7H,1H2,2H3;2*1-2H3/b;15-12-;6-4-,7-5-;;. The van der Waals surface area contributed by atoms with Crippen LogP contribution in [0.3, 0.4) is 0 Å². The van der Waals surface area contributed by atoms with Gasteiger partial charge in [-0.1, -0.05) is 174 Å². The molecule has 0 unspecified atom stereocenters. The predicted octanol–water partition coefficient (Wildman–Crippen LogP) is 11.1. The van der Waals surface area contributed by atoms with Gasteiger partial charge in [0, 0.05) is 28.7 Å². The lowest BCUT2D eigenvalue weighted by Crippen LogP contribution is -2.12. The first-order valence-electron chi connectivity index (χ1n) is 16.9. The summed E-state index contributed by atoms with van der Waals surface area (Å²) in [7, 11) is 0. The van der Waals surface area contributed by atoms with Gasteiger partial charge < -0.3 is 21.4 Å². The van der Waals surface area contributed by atoms with Crippen LogP contribution in [0.2, 0.25) is 0 Å². The van der Waals surface area contributed by atoms with Crippen LogP contribution in [0.4, 0.5) is 5.69 Å². The maximum Gasteiger partial charge on any atom is 0.0707 e. The van der Waals surface area contributed by atoms with E-state index in [9.17, 15) is 0 Å². The van der Waals surface area contributed by atoms with Crippen LogP contribution in [0, 0.1) is 0 Å². The lowest BCUT2D eigenvalue weighted by molar-refractivity contribution is 0.751. The highest BCUT2D eigenvalue weighted by molar-refractivity contribution is 5.93. The second kappa shape index (κ2) is 22.2. The summed E-state index contributed by atoms with van der Waals surface area (Å²) in [4.78, 5) is 0. The number of fused-ring (bicyclic) bond motifs is 4. The number of para-hydroxylation sites is 2. The van der Waals surface area contributed by atoms with Crippen LogP contribution in [-0.2, 0) is 19.5 Å². The molecule has 0 fully saturated rings. The molecule has 1 aliphatic heterocycles. The number of hydrogen-bond acceptors (Lipinski definition) is 3. The van der Waals surface area contributed by atoms with Crippen molar-refractivity contribution in [1.29, 1.82) is 0 Å². The van der Waals surface area contributed by atoms with Gasteiger partial charge in [0.05, 0.1) is 18.1 Å². The van der Waals surface area contributed by atoms with Crippen LogP contribution in [0.5, 0.6) is 0 Å². The van der Waals surface area contributed by atoms with Crippen LogP contribution in [0.25, 0.3) is 22.3 Å². The fourth-order valence-corrected chi connectivity index (χ4v) is 5.14. The van der Waals surface area contributed by atoms with Crippen LogP contribution in [-0.4, -0.2) is 4.57 Å². The number of nitrogens with one attached hydrogen (secondary N) is 1. The summed E-state index contributed by atoms with van der Waals surface area (Å²) < 4.78 is 2.14. The Morgan fingerprint density at radius 3 is 2.04 bits per heavy atom. The lowest BCUT2D eigenvalue weighted by atomic mass is 10.0. The van der Waals surface area contributed by atoms with E-state index < -0.39 is 0 Å². The number of nitrogens with zero attached hydrogens (tertiary/aromatic N) is 1. The van der Waals surface area contributed by atoms with Gasteiger partial charge in [0.15, 0.2) is 0 Å². The average Bonchev–Trinajstić information content (AvgIpc) is 3.39. The molecule has 0 bridgehead atoms. The third kappa shape index (κ3) is 11.2. The molecule has 5 N–H and O–H groups in total. The van der Waals surface area contributed by atoms with Gasteiger partial charge in [0.25, 0.3) is 0 Å². The summed E-state index contributed by atoms with van der Waals surface area (Å²) in [5, 5.41) is 4.71. The average molecular weight is 639 g/mol. The van der Waals surface area contributed by atoms with Gasteiger partial charge in [-0.25, -0.2) is 0 Å². The molecule has 250 valence electrons. The Morgan fingerprint density at radius 1 is 0.792 bits per heavy atom. The zero-order chi connectivity index (χ0) is 35.1. The van der Waals surface area contributed by atoms with Crippen molar-refractivity contribution in [2.24, 2.45) is 11.5 Å². The maximum absolute atomic E-state index is 6.00. The predicted molar refractivity (Wildman–Crippen MR) is 214 cm³/mol. The van der Waals surface area contributed by atoms with E-state index in [4.69, 9.17) is 11.5 Å². The van der Waals surface area contributed by atoms with Gasteiger partial charge in [0.1, 0.15) is 0 Å². The fraction of sp³-hybridized carbons (Fsp3) is 0.182. The van der Waals surface area contributed by atoms with E-state index >= 15 is 0 Å². The Hall–Kier alpha value is -5.32. The fourth-order valence-electron chi connectivity index (χ4n) is 5.14. The Balaban J connectivity index is 0.000000263. The molecule has 4 nitrogen and oxygen atoms in total. The summed E-state index contributed by atoms with van der Waals surface area (Å²) in [6.45, 7) is 18.2. The third-order valence-electron chi connectivity index (χ3n) is 7.27. The molecule has 0 aliphatic carbocycles. The number of rotatable bonds is 6. The molecule has 0 atom stereocenters. The van der Waals surface area contributed by atoms with Crippen molar-refractivity contribution >= 4 is 28.0 Å². The lowest BCUT2D eigenvalue weighted by Gasteiger charge is -2.12. The van der Waals surface area contributed by atoms with Gasteiger partial charge >= 0.3 is 0 Å². The molecule has 0 radical (unpaired) electrons. The van der Waals surface area contributed by atoms with Gasteiger partial charge in [-0.15, -0.1) is 0 Å². The van der Waals surface area contributed by atoms with E-state index in [1.165, 1.54) is 27.6 Å². The van der Waals surface area contributed by atoms with Gasteiger partial charge in [-0.3, -0.25) is 0 Å². The molecular formula is C44H54N4. The van der Waals surface area contributed by atoms with E-state index in [2.05, 4.69) is 83.7 Å². The molecular weight excluding hydrogens is 585 g/mol. The Labute approximate surface area is 289 Å². The largest absolute Gasteiger partial charge is 0.398 e. The smallest absolute Gasteiger partial charge is 0.0707 e. The normalized spacial score (nSPS) is 11.5. The van der Waals surface area contributed by atoms with E-state index in [1.807, 2.05) is 114 Å². The second-order valence-corrected chi connectivity index (χ2v) is 10.3. The summed E-state index contributed by atoms with van der Waals surface area (Å²) in [6.07, 6.45) is 13.3. The van der Waals surface area contributed by atoms with Crippen LogP contribution in [0.1, 0.15) is 62.6 Å². The number of aromatic nitrogens is 1. The summed E-state index contributed by atoms with van der Waals surface area (Å²) >= 11 is 0. The Kier molecular flexibility index (Phi) is 18.0. The zero-order valence-electron chi connectivity index (χ0n) is 29.5. The van der Waals surface area contributed by atoms with Crippen LogP contribution in [0.15, 0.2) is 159 Å². The molecule has 6 rings (SSSR count). The first-order valence-corrected chi connectivity index (χ1v) is 16.9. The van der Waals surface area contributed by atoms with E-state index in [1.54, 1.807) is 6.08 Å². The molecule has 0 amide bonds. The van der Waals surface area contributed by atoms with Crippen LogP contribution >= 0.6 is 0 Å². The van der Waals surface area contributed by atoms with Crippen LogP contribution < -0.4 is 16.8 Å². The van der Waals surface area contributed by atoms with E-state index in [-0.39, 0.29) is 0 Å². The minimum atomic E-state index is 0.451. The summed E-state index contributed by atoms with van der Waals surface area (Å²) in [5.41, 5.74) is 22.1. The first-order chi connectivity index (χ1) is 23.6. The molecule has 0 saturated carbocycles. The van der Waals surface area contributed by atoms with Crippen molar-refractivity contribution in [3.8, 4) is 0 Å². The minimum absolute atomic E-state index is 0.451. The SMILES string of the molecule is C=C/C=C\C=C/C.C=C1Nc2ccccc2Cc2c1n(CN)c1ccccc21.CC.CC.N/C(=C\Cc1ccccc1)c1ccccc1. The highest BCUT2D eigenvalue weighted by Crippen LogP contribution is 2.36. The third-order valence-corrected chi connectivity index (χ3v) is 7.27. The number of benzene rings is 4. The number of allylic oxidation sites excluding steroid dienone is 6. The summed E-state index contributed by atoms with van der Waals surface area (Å²) in [6, 6.07) is 37.2. The summed E-state index contributed by atoms with van der Waals surface area (Å²) in [5.74, 6) is 0. The van der Waals surface area contributed by atoms with Gasteiger partial charge in [0.2, 0.25) is 0 Å². The highest BCUT2D eigenvalue weighted by atomic mass is 15.1. The molecule has 1 aromatic heterocycles. The molecule has 2 heterocycles. The molecule has 1 aliphatic rings. The molecule has 5 aromatic rings. The minimum Gasteiger partial charge on any atom is -0.398 e. The van der Waals surface area contributed by atoms with Crippen molar-refractivity contribution in [3.63, 3.8) is 0 Å². The highest BCUT2D eigenvalue weighted by Gasteiger charge is 2.22. The van der Waals surface area contributed by atoms with E-state index in [0.717, 1.165) is 41.2 Å². The van der Waals surface area contributed by atoms with Gasteiger partial charge in [-0.2, -0.15) is 0 Å². The van der Waals surface area contributed by atoms with Crippen molar-refractivity contribution in [1.82, 2.24) is 4.57 Å². The monoisotopic (exact) mass is 638 g/mol.